The Labute approximate surface area is 79.9 Å². The highest BCUT2D eigenvalue weighted by molar-refractivity contribution is 5.85. The third-order valence-corrected chi connectivity index (χ3v) is 2.02. The van der Waals surface area contributed by atoms with Crippen LogP contribution in [-0.4, -0.2) is 30.1 Å². The van der Waals surface area contributed by atoms with Crippen LogP contribution < -0.4 is 5.32 Å². The standard InChI is InChI=1S/C8H17NO2.ClH/c1-7-6-11-8(2,9-7)4-3-5-10;/h7,9-10H,3-6H2,1-2H3;1H. The number of nitrogens with one attached hydrogen (secondary N) is 1. The molecule has 2 unspecified atom stereocenters. The van der Waals surface area contributed by atoms with Crippen LogP contribution in [0.5, 0.6) is 0 Å². The molecule has 1 fully saturated rings. The molecule has 0 aromatic rings. The molecule has 1 aliphatic rings. The van der Waals surface area contributed by atoms with E-state index in [1.807, 2.05) is 6.92 Å². The van der Waals surface area contributed by atoms with Crippen LogP contribution in [-0.2, 0) is 4.74 Å². The molecule has 2 N–H and O–H groups in total. The molecule has 3 nitrogen and oxygen atoms in total. The van der Waals surface area contributed by atoms with Gasteiger partial charge in [-0.25, -0.2) is 0 Å². The van der Waals surface area contributed by atoms with Crippen molar-refractivity contribution in [2.24, 2.45) is 0 Å². The maximum Gasteiger partial charge on any atom is 0.116 e. The van der Waals surface area contributed by atoms with E-state index in [-0.39, 0.29) is 24.7 Å². The van der Waals surface area contributed by atoms with Crippen molar-refractivity contribution >= 4 is 12.4 Å². The van der Waals surface area contributed by atoms with Crippen LogP contribution >= 0.6 is 12.4 Å². The minimum Gasteiger partial charge on any atom is -0.396 e. The second kappa shape index (κ2) is 5.02. The van der Waals surface area contributed by atoms with Crippen LogP contribution in [0, 0.1) is 0 Å². The summed E-state index contributed by atoms with van der Waals surface area (Å²) in [6.45, 7) is 5.16. The first-order chi connectivity index (χ1) is 5.16. The van der Waals surface area contributed by atoms with Crippen LogP contribution in [0.2, 0.25) is 0 Å². The van der Waals surface area contributed by atoms with Gasteiger partial charge < -0.3 is 9.84 Å². The van der Waals surface area contributed by atoms with E-state index in [1.165, 1.54) is 0 Å². The molecule has 0 aromatic heterocycles. The average molecular weight is 196 g/mol. The van der Waals surface area contributed by atoms with Crippen molar-refractivity contribution in [1.29, 1.82) is 0 Å². The molecule has 0 spiro atoms. The first kappa shape index (κ1) is 12.2. The quantitative estimate of drug-likeness (QED) is 0.704. The third-order valence-electron chi connectivity index (χ3n) is 2.02. The summed E-state index contributed by atoms with van der Waals surface area (Å²) in [6, 6.07) is 0.443. The second-order valence-electron chi connectivity index (χ2n) is 3.41. The molecule has 1 heterocycles. The summed E-state index contributed by atoms with van der Waals surface area (Å²) in [5.41, 5.74) is -0.192. The molecule has 1 saturated heterocycles. The molecule has 0 bridgehead atoms. The molecule has 1 rings (SSSR count). The van der Waals surface area contributed by atoms with Gasteiger partial charge in [0.25, 0.3) is 0 Å². The molecular weight excluding hydrogens is 178 g/mol. The Kier molecular flexibility index (Phi) is 5.09. The first-order valence-corrected chi connectivity index (χ1v) is 4.19. The Morgan fingerprint density at radius 3 is 2.75 bits per heavy atom. The Balaban J connectivity index is 0.00000121. The minimum absolute atomic E-state index is 0. The van der Waals surface area contributed by atoms with Crippen LogP contribution in [0.15, 0.2) is 0 Å². The van der Waals surface area contributed by atoms with Crippen LogP contribution in [0.1, 0.15) is 26.7 Å². The number of hydrogen-bond donors (Lipinski definition) is 2. The van der Waals surface area contributed by atoms with Crippen molar-refractivity contribution in [2.75, 3.05) is 13.2 Å². The summed E-state index contributed by atoms with van der Waals surface area (Å²) in [4.78, 5) is 0. The van der Waals surface area contributed by atoms with Crippen LogP contribution in [0.4, 0.5) is 0 Å². The van der Waals surface area contributed by atoms with Crippen molar-refractivity contribution in [3.8, 4) is 0 Å². The molecule has 0 saturated carbocycles. The van der Waals surface area contributed by atoms with Gasteiger partial charge in [0.05, 0.1) is 6.61 Å². The van der Waals surface area contributed by atoms with Crippen LogP contribution in [0.3, 0.4) is 0 Å². The van der Waals surface area contributed by atoms with Crippen molar-refractivity contribution in [1.82, 2.24) is 5.32 Å². The van der Waals surface area contributed by atoms with Gasteiger partial charge in [0, 0.05) is 12.6 Å². The number of aliphatic hydroxyl groups is 1. The van der Waals surface area contributed by atoms with Crippen molar-refractivity contribution < 1.29 is 9.84 Å². The summed E-state index contributed by atoms with van der Waals surface area (Å²) in [5.74, 6) is 0. The summed E-state index contributed by atoms with van der Waals surface area (Å²) < 4.78 is 5.53. The van der Waals surface area contributed by atoms with Gasteiger partial charge in [0.2, 0.25) is 0 Å². The van der Waals surface area contributed by atoms with E-state index in [9.17, 15) is 0 Å². The molecule has 0 aromatic carbocycles. The summed E-state index contributed by atoms with van der Waals surface area (Å²) >= 11 is 0. The Morgan fingerprint density at radius 1 is 1.67 bits per heavy atom. The second-order valence-corrected chi connectivity index (χ2v) is 3.41. The molecule has 0 amide bonds. The SMILES string of the molecule is CC1COC(C)(CCCO)N1.Cl. The fraction of sp³-hybridized carbons (Fsp3) is 1.00. The monoisotopic (exact) mass is 195 g/mol. The molecule has 12 heavy (non-hydrogen) atoms. The fourth-order valence-corrected chi connectivity index (χ4v) is 1.47. The normalized spacial score (nSPS) is 34.8. The van der Waals surface area contributed by atoms with Crippen molar-refractivity contribution in [3.05, 3.63) is 0 Å². The van der Waals surface area contributed by atoms with Crippen molar-refractivity contribution in [2.45, 2.75) is 38.5 Å². The largest absolute Gasteiger partial charge is 0.396 e. The smallest absolute Gasteiger partial charge is 0.116 e. The topological polar surface area (TPSA) is 41.5 Å². The maximum absolute atomic E-state index is 8.62. The Morgan fingerprint density at radius 2 is 2.33 bits per heavy atom. The van der Waals surface area contributed by atoms with E-state index in [0.29, 0.717) is 6.04 Å². The molecule has 2 atom stereocenters. The zero-order valence-corrected chi connectivity index (χ0v) is 8.49. The van der Waals surface area contributed by atoms with Crippen molar-refractivity contribution in [3.63, 3.8) is 0 Å². The lowest BCUT2D eigenvalue weighted by atomic mass is 10.1. The zero-order chi connectivity index (χ0) is 8.32. The summed E-state index contributed by atoms with van der Waals surface area (Å²) in [7, 11) is 0. The molecule has 74 valence electrons. The zero-order valence-electron chi connectivity index (χ0n) is 7.67. The molecule has 0 radical (unpaired) electrons. The van der Waals surface area contributed by atoms with E-state index in [0.717, 1.165) is 19.4 Å². The van der Waals surface area contributed by atoms with Gasteiger partial charge >= 0.3 is 0 Å². The Bertz CT molecular complexity index is 134. The predicted octanol–water partition coefficient (Wildman–Crippen LogP) is 0.905. The van der Waals surface area contributed by atoms with Gasteiger partial charge in [-0.2, -0.15) is 0 Å². The maximum atomic E-state index is 8.62. The molecule has 4 heteroatoms. The number of hydrogen-bond acceptors (Lipinski definition) is 3. The average Bonchev–Trinajstić information content (AvgIpc) is 2.28. The highest BCUT2D eigenvalue weighted by atomic mass is 35.5. The van der Waals surface area contributed by atoms with Gasteiger partial charge in [-0.3, -0.25) is 5.32 Å². The van der Waals surface area contributed by atoms with Gasteiger partial charge in [-0.1, -0.05) is 0 Å². The molecule has 1 aliphatic heterocycles. The van der Waals surface area contributed by atoms with E-state index in [2.05, 4.69) is 12.2 Å². The number of aliphatic hydroxyl groups excluding tert-OH is 1. The van der Waals surface area contributed by atoms with E-state index in [1.54, 1.807) is 0 Å². The first-order valence-electron chi connectivity index (χ1n) is 4.19. The Hall–Kier alpha value is 0.170. The van der Waals surface area contributed by atoms with Gasteiger partial charge in [-0.15, -0.1) is 12.4 Å². The lowest BCUT2D eigenvalue weighted by Gasteiger charge is -2.23. The van der Waals surface area contributed by atoms with Gasteiger partial charge in [0.15, 0.2) is 0 Å². The van der Waals surface area contributed by atoms with Gasteiger partial charge in [-0.05, 0) is 26.7 Å². The van der Waals surface area contributed by atoms with Crippen LogP contribution in [0.25, 0.3) is 0 Å². The number of rotatable bonds is 3. The number of halogens is 1. The third kappa shape index (κ3) is 3.27. The lowest BCUT2D eigenvalue weighted by molar-refractivity contribution is -0.00519. The predicted molar refractivity (Wildman–Crippen MR) is 50.5 cm³/mol. The van der Waals surface area contributed by atoms with E-state index >= 15 is 0 Å². The van der Waals surface area contributed by atoms with E-state index in [4.69, 9.17) is 9.84 Å². The van der Waals surface area contributed by atoms with Gasteiger partial charge in [0.1, 0.15) is 5.72 Å². The highest BCUT2D eigenvalue weighted by Crippen LogP contribution is 2.20. The molecular formula is C8H18ClNO2. The van der Waals surface area contributed by atoms with E-state index < -0.39 is 0 Å². The molecule has 0 aliphatic carbocycles. The number of ether oxygens (including phenoxy) is 1. The lowest BCUT2D eigenvalue weighted by Crippen LogP contribution is -2.40. The summed E-state index contributed by atoms with van der Waals surface area (Å²) in [6.07, 6.45) is 1.68. The minimum atomic E-state index is -0.192. The fourth-order valence-electron chi connectivity index (χ4n) is 1.47. The summed E-state index contributed by atoms with van der Waals surface area (Å²) in [5, 5.41) is 12.0. The highest BCUT2D eigenvalue weighted by Gasteiger charge is 2.32.